The number of ether oxygens (including phenoxy) is 2. The first-order valence-corrected chi connectivity index (χ1v) is 10.7. The fourth-order valence-electron chi connectivity index (χ4n) is 2.88. The van der Waals surface area contributed by atoms with Crippen molar-refractivity contribution >= 4 is 41.5 Å². The van der Waals surface area contributed by atoms with E-state index in [0.717, 1.165) is 30.0 Å². The topological polar surface area (TPSA) is 87.2 Å². The molecule has 182 valence electrons. The Balaban J connectivity index is 0.00000544. The van der Waals surface area contributed by atoms with Gasteiger partial charge in [-0.15, -0.1) is 24.0 Å². The molecule has 33 heavy (non-hydrogen) atoms. The second kappa shape index (κ2) is 16.3. The Labute approximate surface area is 214 Å². The van der Waals surface area contributed by atoms with Crippen LogP contribution in [0.15, 0.2) is 53.5 Å². The molecule has 0 fully saturated rings. The number of benzene rings is 2. The number of anilines is 1. The highest BCUT2D eigenvalue weighted by atomic mass is 127. The number of hydrogen-bond donors (Lipinski definition) is 3. The molecule has 0 heterocycles. The van der Waals surface area contributed by atoms with E-state index < -0.39 is 0 Å². The quantitative estimate of drug-likeness (QED) is 0.158. The predicted octanol–water partition coefficient (Wildman–Crippen LogP) is 3.20. The third kappa shape index (κ3) is 11.4. The lowest BCUT2D eigenvalue weighted by molar-refractivity contribution is 0.0951. The molecule has 0 spiro atoms. The Morgan fingerprint density at radius 1 is 1.06 bits per heavy atom. The van der Waals surface area contributed by atoms with E-state index in [9.17, 15) is 4.79 Å². The van der Waals surface area contributed by atoms with Gasteiger partial charge in [0.05, 0.1) is 6.61 Å². The van der Waals surface area contributed by atoms with Gasteiger partial charge in [-0.2, -0.15) is 0 Å². The van der Waals surface area contributed by atoms with E-state index in [1.807, 2.05) is 67.5 Å². The standard InChI is InChI=1S/C24H35N5O3.HI/c1-25-24(28-21-10-6-11-22(17-21)32-15-7-14-31-4)27-18-19-8-5-9-20(16-19)23(30)26-12-13-29(2)3;/h5-6,8-11,16-17H,7,12-15,18H2,1-4H3,(H,26,30)(H2,25,27,28);1H. The molecule has 1 amide bonds. The molecule has 0 saturated carbocycles. The van der Waals surface area contributed by atoms with Crippen LogP contribution in [0.1, 0.15) is 22.3 Å². The molecular weight excluding hydrogens is 533 g/mol. The van der Waals surface area contributed by atoms with E-state index in [-0.39, 0.29) is 29.9 Å². The van der Waals surface area contributed by atoms with E-state index in [1.54, 1.807) is 14.2 Å². The molecular formula is C24H36IN5O3. The third-order valence-corrected chi connectivity index (χ3v) is 4.58. The Morgan fingerprint density at radius 3 is 2.58 bits per heavy atom. The van der Waals surface area contributed by atoms with Crippen LogP contribution >= 0.6 is 24.0 Å². The maximum Gasteiger partial charge on any atom is 0.251 e. The van der Waals surface area contributed by atoms with E-state index in [1.165, 1.54) is 0 Å². The lowest BCUT2D eigenvalue weighted by atomic mass is 10.1. The minimum atomic E-state index is -0.0708. The Morgan fingerprint density at radius 2 is 1.85 bits per heavy atom. The molecule has 0 saturated heterocycles. The first kappa shape index (κ1) is 28.7. The van der Waals surface area contributed by atoms with Gasteiger partial charge in [0.25, 0.3) is 5.91 Å². The van der Waals surface area contributed by atoms with Crippen molar-refractivity contribution in [3.8, 4) is 5.75 Å². The van der Waals surface area contributed by atoms with Crippen LogP contribution in [-0.4, -0.2) is 71.3 Å². The summed E-state index contributed by atoms with van der Waals surface area (Å²) >= 11 is 0. The monoisotopic (exact) mass is 569 g/mol. The molecule has 8 nitrogen and oxygen atoms in total. The van der Waals surface area contributed by atoms with Gasteiger partial charge in [0.2, 0.25) is 0 Å². The predicted molar refractivity (Wildman–Crippen MR) is 145 cm³/mol. The normalized spacial score (nSPS) is 11.0. The number of nitrogens with one attached hydrogen (secondary N) is 3. The van der Waals surface area contributed by atoms with Crippen LogP contribution in [0.25, 0.3) is 0 Å². The van der Waals surface area contributed by atoms with E-state index in [2.05, 4.69) is 20.9 Å². The highest BCUT2D eigenvalue weighted by Crippen LogP contribution is 2.17. The summed E-state index contributed by atoms with van der Waals surface area (Å²) in [6.07, 6.45) is 0.837. The zero-order valence-corrected chi connectivity index (χ0v) is 22.2. The number of amides is 1. The first-order valence-electron chi connectivity index (χ1n) is 10.7. The minimum absolute atomic E-state index is 0. The number of rotatable bonds is 12. The number of halogens is 1. The number of nitrogens with zero attached hydrogens (tertiary/aromatic N) is 2. The van der Waals surface area contributed by atoms with Crippen LogP contribution in [0.2, 0.25) is 0 Å². The second-order valence-electron chi connectivity index (χ2n) is 7.53. The van der Waals surface area contributed by atoms with Crippen molar-refractivity contribution in [2.24, 2.45) is 4.99 Å². The van der Waals surface area contributed by atoms with Gasteiger partial charge in [0.15, 0.2) is 5.96 Å². The summed E-state index contributed by atoms with van der Waals surface area (Å²) in [6, 6.07) is 15.3. The minimum Gasteiger partial charge on any atom is -0.493 e. The highest BCUT2D eigenvalue weighted by Gasteiger charge is 2.07. The molecule has 2 rings (SSSR count). The van der Waals surface area contributed by atoms with Gasteiger partial charge in [-0.05, 0) is 43.9 Å². The summed E-state index contributed by atoms with van der Waals surface area (Å²) < 4.78 is 10.8. The summed E-state index contributed by atoms with van der Waals surface area (Å²) in [5.74, 6) is 1.34. The molecule has 0 aliphatic carbocycles. The van der Waals surface area contributed by atoms with Gasteiger partial charge in [0.1, 0.15) is 5.75 Å². The third-order valence-electron chi connectivity index (χ3n) is 4.58. The largest absolute Gasteiger partial charge is 0.493 e. The molecule has 0 bridgehead atoms. The lowest BCUT2D eigenvalue weighted by Crippen LogP contribution is -2.32. The molecule has 0 radical (unpaired) electrons. The zero-order chi connectivity index (χ0) is 23.2. The van der Waals surface area contributed by atoms with Gasteiger partial charge in [-0.3, -0.25) is 9.79 Å². The first-order chi connectivity index (χ1) is 15.5. The van der Waals surface area contributed by atoms with Crippen molar-refractivity contribution in [1.82, 2.24) is 15.5 Å². The smallest absolute Gasteiger partial charge is 0.251 e. The fourth-order valence-corrected chi connectivity index (χ4v) is 2.88. The SMILES string of the molecule is CN=C(NCc1cccc(C(=O)NCCN(C)C)c1)Nc1cccc(OCCCOC)c1.I. The number of hydrogen-bond acceptors (Lipinski definition) is 5. The number of likely N-dealkylation sites (N-methyl/N-ethyl adjacent to an activating group) is 1. The summed E-state index contributed by atoms with van der Waals surface area (Å²) in [7, 11) is 7.35. The second-order valence-corrected chi connectivity index (χ2v) is 7.53. The average Bonchev–Trinajstić information content (AvgIpc) is 2.79. The molecule has 2 aromatic rings. The van der Waals surface area contributed by atoms with Crippen LogP contribution in [0.5, 0.6) is 5.75 Å². The molecule has 0 aliphatic heterocycles. The van der Waals surface area contributed by atoms with Gasteiger partial charge in [-0.1, -0.05) is 18.2 Å². The summed E-state index contributed by atoms with van der Waals surface area (Å²) in [5, 5.41) is 9.49. The fraction of sp³-hybridized carbons (Fsp3) is 0.417. The number of carbonyl (C=O) groups is 1. The van der Waals surface area contributed by atoms with E-state index >= 15 is 0 Å². The summed E-state index contributed by atoms with van der Waals surface area (Å²) in [6.45, 7) is 3.22. The van der Waals surface area contributed by atoms with Gasteiger partial charge < -0.3 is 30.3 Å². The number of methoxy groups -OCH3 is 1. The van der Waals surface area contributed by atoms with Crippen LogP contribution in [0.3, 0.4) is 0 Å². The van der Waals surface area contributed by atoms with Crippen molar-refractivity contribution in [2.75, 3.05) is 59.9 Å². The van der Waals surface area contributed by atoms with Crippen LogP contribution in [0, 0.1) is 0 Å². The molecule has 0 unspecified atom stereocenters. The van der Waals surface area contributed by atoms with Crippen molar-refractivity contribution in [3.05, 3.63) is 59.7 Å². The Kier molecular flexibility index (Phi) is 14.1. The summed E-state index contributed by atoms with van der Waals surface area (Å²) in [5.41, 5.74) is 2.50. The van der Waals surface area contributed by atoms with Crippen molar-refractivity contribution in [2.45, 2.75) is 13.0 Å². The molecule has 0 atom stereocenters. The highest BCUT2D eigenvalue weighted by molar-refractivity contribution is 14.0. The van der Waals surface area contributed by atoms with E-state index in [0.29, 0.717) is 37.8 Å². The Bertz CT molecular complexity index is 877. The zero-order valence-electron chi connectivity index (χ0n) is 19.9. The number of aliphatic imine (C=N–C) groups is 1. The maximum atomic E-state index is 12.4. The molecule has 9 heteroatoms. The lowest BCUT2D eigenvalue weighted by Gasteiger charge is -2.14. The average molecular weight is 569 g/mol. The van der Waals surface area contributed by atoms with Crippen LogP contribution in [0.4, 0.5) is 5.69 Å². The van der Waals surface area contributed by atoms with Crippen molar-refractivity contribution in [1.29, 1.82) is 0 Å². The van der Waals surface area contributed by atoms with Gasteiger partial charge >= 0.3 is 0 Å². The van der Waals surface area contributed by atoms with Crippen molar-refractivity contribution < 1.29 is 14.3 Å². The number of guanidine groups is 1. The maximum absolute atomic E-state index is 12.4. The molecule has 3 N–H and O–H groups in total. The Hall–Kier alpha value is -2.37. The molecule has 0 aromatic heterocycles. The van der Waals surface area contributed by atoms with Crippen LogP contribution in [-0.2, 0) is 11.3 Å². The van der Waals surface area contributed by atoms with E-state index in [4.69, 9.17) is 9.47 Å². The molecule has 0 aliphatic rings. The summed E-state index contributed by atoms with van der Waals surface area (Å²) in [4.78, 5) is 18.7. The molecule has 2 aromatic carbocycles. The van der Waals surface area contributed by atoms with Crippen molar-refractivity contribution in [3.63, 3.8) is 0 Å². The van der Waals surface area contributed by atoms with Gasteiger partial charge in [0, 0.05) is 64.1 Å². The van der Waals surface area contributed by atoms with Gasteiger partial charge in [-0.25, -0.2) is 0 Å². The number of carbonyl (C=O) groups excluding carboxylic acids is 1. The van der Waals surface area contributed by atoms with Crippen LogP contribution < -0.4 is 20.7 Å².